The number of benzene rings is 1. The first-order valence-corrected chi connectivity index (χ1v) is 8.65. The highest BCUT2D eigenvalue weighted by Gasteiger charge is 2.08. The van der Waals surface area contributed by atoms with Gasteiger partial charge in [0, 0.05) is 13.6 Å². The smallest absolute Gasteiger partial charge is 0.191 e. The van der Waals surface area contributed by atoms with Crippen LogP contribution < -0.4 is 15.4 Å². The number of nitrogens with one attached hydrogen (secondary N) is 2. The third-order valence-corrected chi connectivity index (χ3v) is 3.90. The standard InChI is InChI=1S/C16H23BrN6O.HI/c1-4-18-16(20-10-15-21-11-22-23(15)3)19-9-12(2)24-14-8-6-5-7-13(14)17;/h5-8,11-12H,4,9-10H2,1-3H3,(H2,18,19,20);1H. The van der Waals surface area contributed by atoms with Crippen LogP contribution in [-0.4, -0.2) is 39.9 Å². The number of ether oxygens (including phenoxy) is 1. The summed E-state index contributed by atoms with van der Waals surface area (Å²) in [6.45, 7) is 5.92. The van der Waals surface area contributed by atoms with Crippen LogP contribution in [0.25, 0.3) is 0 Å². The molecule has 1 atom stereocenters. The Bertz CT molecular complexity index is 678. The molecule has 0 saturated carbocycles. The second kappa shape index (κ2) is 11.3. The second-order valence-corrected chi connectivity index (χ2v) is 6.09. The third kappa shape index (κ3) is 7.18. The fourth-order valence-electron chi connectivity index (χ4n) is 1.99. The van der Waals surface area contributed by atoms with Crippen LogP contribution in [0.4, 0.5) is 0 Å². The third-order valence-electron chi connectivity index (χ3n) is 3.25. The van der Waals surface area contributed by atoms with E-state index >= 15 is 0 Å². The fourth-order valence-corrected chi connectivity index (χ4v) is 2.37. The quantitative estimate of drug-likeness (QED) is 0.332. The van der Waals surface area contributed by atoms with Crippen LogP contribution in [0.5, 0.6) is 5.75 Å². The van der Waals surface area contributed by atoms with Crippen molar-refractivity contribution < 1.29 is 4.74 Å². The Labute approximate surface area is 173 Å². The van der Waals surface area contributed by atoms with Crippen LogP contribution in [-0.2, 0) is 13.6 Å². The minimum absolute atomic E-state index is 0. The summed E-state index contributed by atoms with van der Waals surface area (Å²) in [6.07, 6.45) is 1.51. The number of para-hydroxylation sites is 1. The van der Waals surface area contributed by atoms with Crippen molar-refractivity contribution in [2.45, 2.75) is 26.5 Å². The number of hydrogen-bond donors (Lipinski definition) is 2. The van der Waals surface area contributed by atoms with Crippen LogP contribution in [0.3, 0.4) is 0 Å². The molecule has 25 heavy (non-hydrogen) atoms. The minimum atomic E-state index is -0.0117. The topological polar surface area (TPSA) is 76.4 Å². The Morgan fingerprint density at radius 1 is 1.36 bits per heavy atom. The van der Waals surface area contributed by atoms with E-state index in [1.165, 1.54) is 6.33 Å². The molecule has 1 heterocycles. The summed E-state index contributed by atoms with van der Waals surface area (Å²) in [7, 11) is 1.85. The van der Waals surface area contributed by atoms with Gasteiger partial charge < -0.3 is 15.4 Å². The summed E-state index contributed by atoms with van der Waals surface area (Å²) in [4.78, 5) is 8.69. The van der Waals surface area contributed by atoms with Gasteiger partial charge in [-0.15, -0.1) is 24.0 Å². The zero-order chi connectivity index (χ0) is 17.4. The number of rotatable bonds is 7. The van der Waals surface area contributed by atoms with Crippen LogP contribution in [0.15, 0.2) is 40.1 Å². The average Bonchev–Trinajstić information content (AvgIpc) is 2.97. The van der Waals surface area contributed by atoms with Crippen LogP contribution in [0, 0.1) is 0 Å². The molecule has 138 valence electrons. The molecule has 0 saturated heterocycles. The van der Waals surface area contributed by atoms with Crippen molar-refractivity contribution in [2.24, 2.45) is 12.0 Å². The average molecular weight is 523 g/mol. The summed E-state index contributed by atoms with van der Waals surface area (Å²) in [6, 6.07) is 7.81. The number of nitrogens with zero attached hydrogens (tertiary/aromatic N) is 4. The number of guanidine groups is 1. The van der Waals surface area contributed by atoms with Crippen molar-refractivity contribution in [1.82, 2.24) is 25.4 Å². The maximum Gasteiger partial charge on any atom is 0.191 e. The van der Waals surface area contributed by atoms with Crippen molar-refractivity contribution >= 4 is 45.9 Å². The highest BCUT2D eigenvalue weighted by Crippen LogP contribution is 2.24. The van der Waals surface area contributed by atoms with Gasteiger partial charge in [0.2, 0.25) is 0 Å². The lowest BCUT2D eigenvalue weighted by Crippen LogP contribution is -2.41. The Kier molecular flexibility index (Phi) is 9.79. The molecule has 0 amide bonds. The van der Waals surface area contributed by atoms with Crippen LogP contribution in [0.1, 0.15) is 19.7 Å². The molecule has 1 aromatic heterocycles. The number of hydrogen-bond acceptors (Lipinski definition) is 4. The number of aliphatic imine (C=N–C) groups is 1. The zero-order valence-corrected chi connectivity index (χ0v) is 18.5. The van der Waals surface area contributed by atoms with E-state index in [0.717, 1.165) is 28.6 Å². The van der Waals surface area contributed by atoms with Crippen molar-refractivity contribution in [3.63, 3.8) is 0 Å². The van der Waals surface area contributed by atoms with Gasteiger partial charge in [0.1, 0.15) is 30.5 Å². The lowest BCUT2D eigenvalue weighted by molar-refractivity contribution is 0.222. The molecule has 9 heteroatoms. The summed E-state index contributed by atoms with van der Waals surface area (Å²) >= 11 is 3.49. The van der Waals surface area contributed by atoms with E-state index in [-0.39, 0.29) is 30.1 Å². The molecule has 2 rings (SSSR count). The summed E-state index contributed by atoms with van der Waals surface area (Å²) in [5.41, 5.74) is 0. The molecule has 0 spiro atoms. The first-order chi connectivity index (χ1) is 11.6. The number of halogens is 2. The van der Waals surface area contributed by atoms with Gasteiger partial charge >= 0.3 is 0 Å². The van der Waals surface area contributed by atoms with Crippen molar-refractivity contribution in [1.29, 1.82) is 0 Å². The first-order valence-electron chi connectivity index (χ1n) is 7.86. The van der Waals surface area contributed by atoms with Gasteiger partial charge in [-0.3, -0.25) is 4.68 Å². The summed E-state index contributed by atoms with van der Waals surface area (Å²) in [5, 5.41) is 10.5. The van der Waals surface area contributed by atoms with Crippen LogP contribution >= 0.6 is 39.9 Å². The molecule has 1 unspecified atom stereocenters. The monoisotopic (exact) mass is 522 g/mol. The normalized spacial score (nSPS) is 12.2. The van der Waals surface area contributed by atoms with Gasteiger partial charge in [-0.2, -0.15) is 5.10 Å². The molecule has 0 bridgehead atoms. The van der Waals surface area contributed by atoms with Gasteiger partial charge in [0.15, 0.2) is 5.96 Å². The second-order valence-electron chi connectivity index (χ2n) is 5.23. The van der Waals surface area contributed by atoms with Gasteiger partial charge in [0.25, 0.3) is 0 Å². The fraction of sp³-hybridized carbons (Fsp3) is 0.438. The molecule has 0 aliphatic heterocycles. The Balaban J connectivity index is 0.00000312. The van der Waals surface area contributed by atoms with Crippen molar-refractivity contribution in [3.8, 4) is 5.75 Å². The molecular formula is C16H24BrIN6O. The van der Waals surface area contributed by atoms with E-state index in [9.17, 15) is 0 Å². The molecular weight excluding hydrogens is 499 g/mol. The van der Waals surface area contributed by atoms with Gasteiger partial charge in [-0.1, -0.05) is 12.1 Å². The Morgan fingerprint density at radius 2 is 2.12 bits per heavy atom. The van der Waals surface area contributed by atoms with Crippen LogP contribution in [0.2, 0.25) is 0 Å². The zero-order valence-electron chi connectivity index (χ0n) is 14.6. The van der Waals surface area contributed by atoms with E-state index in [2.05, 4.69) is 41.6 Å². The Hall–Kier alpha value is -1.36. The lowest BCUT2D eigenvalue weighted by atomic mass is 10.3. The SMILES string of the molecule is CCNC(=NCc1ncnn1C)NCC(C)Oc1ccccc1Br.I. The van der Waals surface area contributed by atoms with Gasteiger partial charge in [-0.05, 0) is 41.9 Å². The maximum atomic E-state index is 5.92. The van der Waals surface area contributed by atoms with Crippen molar-refractivity contribution in [2.75, 3.05) is 13.1 Å². The molecule has 0 aliphatic carbocycles. The van der Waals surface area contributed by atoms with E-state index < -0.39 is 0 Å². The van der Waals surface area contributed by atoms with E-state index in [1.807, 2.05) is 45.2 Å². The predicted octanol–water partition coefficient (Wildman–Crippen LogP) is 2.72. The van der Waals surface area contributed by atoms with Gasteiger partial charge in [0.05, 0.1) is 11.0 Å². The highest BCUT2D eigenvalue weighted by atomic mass is 127. The predicted molar refractivity (Wildman–Crippen MR) is 113 cm³/mol. The van der Waals surface area contributed by atoms with E-state index in [0.29, 0.717) is 13.1 Å². The highest BCUT2D eigenvalue weighted by molar-refractivity contribution is 14.0. The molecule has 0 radical (unpaired) electrons. The molecule has 1 aromatic carbocycles. The summed E-state index contributed by atoms with van der Waals surface area (Å²) < 4.78 is 8.58. The first kappa shape index (κ1) is 21.7. The minimum Gasteiger partial charge on any atom is -0.488 e. The molecule has 0 fully saturated rings. The van der Waals surface area contributed by atoms with E-state index in [4.69, 9.17) is 4.74 Å². The van der Waals surface area contributed by atoms with Crippen molar-refractivity contribution in [3.05, 3.63) is 40.9 Å². The number of aromatic nitrogens is 3. The Morgan fingerprint density at radius 3 is 2.76 bits per heavy atom. The largest absolute Gasteiger partial charge is 0.488 e. The molecule has 7 nitrogen and oxygen atoms in total. The lowest BCUT2D eigenvalue weighted by Gasteiger charge is -2.18. The number of aryl methyl sites for hydroxylation is 1. The summed E-state index contributed by atoms with van der Waals surface area (Å²) in [5.74, 6) is 2.36. The molecule has 2 N–H and O–H groups in total. The van der Waals surface area contributed by atoms with Gasteiger partial charge in [-0.25, -0.2) is 9.98 Å². The van der Waals surface area contributed by atoms with E-state index in [1.54, 1.807) is 4.68 Å². The maximum absolute atomic E-state index is 5.92. The molecule has 2 aromatic rings. The molecule has 0 aliphatic rings.